The van der Waals surface area contributed by atoms with Crippen molar-refractivity contribution in [2.45, 2.75) is 13.0 Å². The molecular weight excluding hydrogens is 198 g/mol. The fourth-order valence-electron chi connectivity index (χ4n) is 1.64. The minimum Gasteiger partial charge on any atom is -0.399 e. The molecule has 0 atom stereocenters. The van der Waals surface area contributed by atoms with Crippen LogP contribution >= 0.6 is 0 Å². The molecule has 0 aliphatic rings. The van der Waals surface area contributed by atoms with Crippen molar-refractivity contribution in [3.05, 3.63) is 53.9 Å². The highest BCUT2D eigenvalue weighted by Gasteiger charge is 1.99. The Morgan fingerprint density at radius 2 is 1.94 bits per heavy atom. The zero-order chi connectivity index (χ0) is 11.4. The van der Waals surface area contributed by atoms with Gasteiger partial charge in [0.05, 0.1) is 0 Å². The van der Waals surface area contributed by atoms with Crippen LogP contribution in [0.2, 0.25) is 0 Å². The second-order valence-electron chi connectivity index (χ2n) is 3.69. The van der Waals surface area contributed by atoms with Crippen LogP contribution in [0.4, 0.5) is 5.69 Å². The third kappa shape index (κ3) is 2.23. The topological polar surface area (TPSA) is 54.7 Å². The lowest BCUT2D eigenvalue weighted by atomic mass is 10.1. The predicted molar refractivity (Wildman–Crippen MR) is 63.7 cm³/mol. The zero-order valence-corrected chi connectivity index (χ0v) is 8.93. The lowest BCUT2D eigenvalue weighted by Gasteiger charge is -2.05. The molecule has 0 aliphatic carbocycles. The molecule has 2 N–H and O–H groups in total. The van der Waals surface area contributed by atoms with Gasteiger partial charge in [0, 0.05) is 18.4 Å². The van der Waals surface area contributed by atoms with Crippen molar-refractivity contribution in [2.24, 2.45) is 0 Å². The van der Waals surface area contributed by atoms with Crippen LogP contribution in [-0.4, -0.2) is 4.57 Å². The molecule has 0 bridgehead atoms. The van der Waals surface area contributed by atoms with E-state index in [1.165, 1.54) is 5.56 Å². The van der Waals surface area contributed by atoms with E-state index in [2.05, 4.69) is 6.07 Å². The zero-order valence-electron chi connectivity index (χ0n) is 8.93. The molecule has 1 aromatic heterocycles. The number of nitriles is 1. The fourth-order valence-corrected chi connectivity index (χ4v) is 1.64. The van der Waals surface area contributed by atoms with Gasteiger partial charge in [0.15, 0.2) is 0 Å². The first-order chi connectivity index (χ1) is 7.79. The van der Waals surface area contributed by atoms with Gasteiger partial charge in [0.1, 0.15) is 11.8 Å². The third-order valence-electron chi connectivity index (χ3n) is 2.57. The van der Waals surface area contributed by atoms with Crippen molar-refractivity contribution >= 4 is 5.69 Å². The molecule has 2 aromatic rings. The Labute approximate surface area is 94.7 Å². The Hall–Kier alpha value is -2.21. The molecule has 0 fully saturated rings. The number of nitrogens with zero attached hydrogens (tertiary/aromatic N) is 2. The van der Waals surface area contributed by atoms with Crippen LogP contribution in [0.25, 0.3) is 0 Å². The van der Waals surface area contributed by atoms with Gasteiger partial charge in [-0.3, -0.25) is 0 Å². The van der Waals surface area contributed by atoms with E-state index in [4.69, 9.17) is 11.0 Å². The SMILES string of the molecule is N#Cc1cccn1CCc1ccc(N)cc1. The van der Waals surface area contributed by atoms with Crippen molar-refractivity contribution in [2.75, 3.05) is 5.73 Å². The largest absolute Gasteiger partial charge is 0.399 e. The first-order valence-corrected chi connectivity index (χ1v) is 5.19. The van der Waals surface area contributed by atoms with Crippen LogP contribution in [-0.2, 0) is 13.0 Å². The van der Waals surface area contributed by atoms with Gasteiger partial charge in [-0.25, -0.2) is 0 Å². The van der Waals surface area contributed by atoms with E-state index >= 15 is 0 Å². The second kappa shape index (κ2) is 4.54. The average molecular weight is 211 g/mol. The Balaban J connectivity index is 2.03. The highest BCUT2D eigenvalue weighted by atomic mass is 15.0. The number of rotatable bonds is 3. The van der Waals surface area contributed by atoms with E-state index in [0.29, 0.717) is 5.69 Å². The molecule has 1 aromatic carbocycles. The van der Waals surface area contributed by atoms with E-state index < -0.39 is 0 Å². The summed E-state index contributed by atoms with van der Waals surface area (Å²) in [4.78, 5) is 0. The highest BCUT2D eigenvalue weighted by Crippen LogP contribution is 2.08. The van der Waals surface area contributed by atoms with E-state index in [9.17, 15) is 0 Å². The van der Waals surface area contributed by atoms with Gasteiger partial charge in [0.2, 0.25) is 0 Å². The number of hydrogen-bond donors (Lipinski definition) is 1. The number of hydrogen-bond acceptors (Lipinski definition) is 2. The Kier molecular flexibility index (Phi) is 2.93. The molecule has 3 heteroatoms. The molecule has 16 heavy (non-hydrogen) atoms. The average Bonchev–Trinajstić information content (AvgIpc) is 2.76. The Morgan fingerprint density at radius 3 is 2.62 bits per heavy atom. The number of aryl methyl sites for hydroxylation is 2. The summed E-state index contributed by atoms with van der Waals surface area (Å²) in [7, 11) is 0. The molecule has 3 nitrogen and oxygen atoms in total. The molecule has 0 spiro atoms. The van der Waals surface area contributed by atoms with Crippen molar-refractivity contribution < 1.29 is 0 Å². The number of aromatic nitrogens is 1. The predicted octanol–water partition coefficient (Wildman–Crippen LogP) is 2.18. The number of nitrogen functional groups attached to an aromatic ring is 1. The monoisotopic (exact) mass is 211 g/mol. The van der Waals surface area contributed by atoms with Gasteiger partial charge < -0.3 is 10.3 Å². The van der Waals surface area contributed by atoms with Gasteiger partial charge >= 0.3 is 0 Å². The van der Waals surface area contributed by atoms with Crippen LogP contribution in [0, 0.1) is 11.3 Å². The Morgan fingerprint density at radius 1 is 1.19 bits per heavy atom. The molecule has 1 heterocycles. The maximum absolute atomic E-state index is 8.85. The smallest absolute Gasteiger partial charge is 0.120 e. The summed E-state index contributed by atoms with van der Waals surface area (Å²) < 4.78 is 1.95. The molecule has 0 amide bonds. The summed E-state index contributed by atoms with van der Waals surface area (Å²) in [6.45, 7) is 0.819. The van der Waals surface area contributed by atoms with Crippen molar-refractivity contribution in [3.63, 3.8) is 0 Å². The van der Waals surface area contributed by atoms with Crippen LogP contribution in [0.15, 0.2) is 42.6 Å². The first kappa shape index (κ1) is 10.3. The molecule has 80 valence electrons. The minimum absolute atomic E-state index is 0.704. The third-order valence-corrected chi connectivity index (χ3v) is 2.57. The fraction of sp³-hybridized carbons (Fsp3) is 0.154. The summed E-state index contributed by atoms with van der Waals surface area (Å²) in [6.07, 6.45) is 2.83. The quantitative estimate of drug-likeness (QED) is 0.791. The number of anilines is 1. The van der Waals surface area contributed by atoms with Crippen LogP contribution < -0.4 is 5.73 Å². The number of nitrogens with two attached hydrogens (primary N) is 1. The summed E-state index contributed by atoms with van der Waals surface area (Å²) in [5.74, 6) is 0. The summed E-state index contributed by atoms with van der Waals surface area (Å²) >= 11 is 0. The summed E-state index contributed by atoms with van der Waals surface area (Å²) in [5, 5.41) is 8.85. The maximum atomic E-state index is 8.85. The lowest BCUT2D eigenvalue weighted by molar-refractivity contribution is 0.693. The molecule has 0 unspecified atom stereocenters. The maximum Gasteiger partial charge on any atom is 0.120 e. The molecule has 0 saturated carbocycles. The Bertz CT molecular complexity index is 503. The van der Waals surface area contributed by atoms with E-state index in [1.54, 1.807) is 0 Å². The van der Waals surface area contributed by atoms with E-state index in [1.807, 2.05) is 47.2 Å². The highest BCUT2D eigenvalue weighted by molar-refractivity contribution is 5.39. The number of benzene rings is 1. The summed E-state index contributed by atoms with van der Waals surface area (Å²) in [5.41, 5.74) is 8.33. The molecule has 2 rings (SSSR count). The van der Waals surface area contributed by atoms with Crippen molar-refractivity contribution in [1.82, 2.24) is 4.57 Å². The van der Waals surface area contributed by atoms with Crippen LogP contribution in [0.5, 0.6) is 0 Å². The van der Waals surface area contributed by atoms with Crippen LogP contribution in [0.1, 0.15) is 11.3 Å². The first-order valence-electron chi connectivity index (χ1n) is 5.19. The van der Waals surface area contributed by atoms with Crippen molar-refractivity contribution in [3.8, 4) is 6.07 Å². The minimum atomic E-state index is 0.704. The standard InChI is InChI=1S/C13H13N3/c14-10-13-2-1-8-16(13)9-7-11-3-5-12(15)6-4-11/h1-6,8H,7,9,15H2. The molecule has 0 radical (unpaired) electrons. The molecule has 0 aliphatic heterocycles. The van der Waals surface area contributed by atoms with Gasteiger partial charge in [-0.2, -0.15) is 5.26 Å². The van der Waals surface area contributed by atoms with Gasteiger partial charge in [0.25, 0.3) is 0 Å². The molecule has 0 saturated heterocycles. The lowest BCUT2D eigenvalue weighted by Crippen LogP contribution is -2.02. The van der Waals surface area contributed by atoms with Gasteiger partial charge in [-0.05, 0) is 36.2 Å². The molecular formula is C13H13N3. The second-order valence-corrected chi connectivity index (χ2v) is 3.69. The van der Waals surface area contributed by atoms with Crippen LogP contribution in [0.3, 0.4) is 0 Å². The summed E-state index contributed by atoms with van der Waals surface area (Å²) in [6, 6.07) is 13.7. The van der Waals surface area contributed by atoms with Gasteiger partial charge in [-0.1, -0.05) is 12.1 Å². The van der Waals surface area contributed by atoms with E-state index in [0.717, 1.165) is 18.7 Å². The van der Waals surface area contributed by atoms with Gasteiger partial charge in [-0.15, -0.1) is 0 Å². The normalized spacial score (nSPS) is 9.94. The van der Waals surface area contributed by atoms with E-state index in [-0.39, 0.29) is 0 Å². The van der Waals surface area contributed by atoms with Crippen molar-refractivity contribution in [1.29, 1.82) is 5.26 Å².